The molecule has 0 saturated carbocycles. The maximum atomic E-state index is 6.12. The summed E-state index contributed by atoms with van der Waals surface area (Å²) in [6, 6.07) is 20.6. The lowest BCUT2D eigenvalue weighted by Crippen LogP contribution is -2.02. The van der Waals surface area contributed by atoms with Crippen molar-refractivity contribution in [1.29, 1.82) is 0 Å². The molecule has 2 nitrogen and oxygen atoms in total. The third kappa shape index (κ3) is 2.91. The van der Waals surface area contributed by atoms with Gasteiger partial charge in [0.05, 0.1) is 0 Å². The monoisotopic (exact) mass is 277 g/mol. The van der Waals surface area contributed by atoms with Gasteiger partial charge in [-0.15, -0.1) is 0 Å². The van der Waals surface area contributed by atoms with Crippen molar-refractivity contribution in [2.45, 2.75) is 13.3 Å². The molecule has 0 amide bonds. The molecule has 106 valence electrons. The number of hydrogen-bond donors (Lipinski definition) is 1. The van der Waals surface area contributed by atoms with E-state index in [1.165, 1.54) is 10.9 Å². The number of hydrogen-bond acceptors (Lipinski definition) is 2. The van der Waals surface area contributed by atoms with Gasteiger partial charge in [-0.3, -0.25) is 0 Å². The Balaban J connectivity index is 1.95. The van der Waals surface area contributed by atoms with Crippen molar-refractivity contribution in [2.24, 2.45) is 5.73 Å². The first kappa shape index (κ1) is 13.7. The van der Waals surface area contributed by atoms with E-state index in [-0.39, 0.29) is 0 Å². The van der Waals surface area contributed by atoms with Crippen LogP contribution in [0.5, 0.6) is 11.5 Å². The minimum Gasteiger partial charge on any atom is -0.456 e. The molecule has 0 heterocycles. The number of benzene rings is 3. The highest BCUT2D eigenvalue weighted by atomic mass is 16.5. The van der Waals surface area contributed by atoms with Gasteiger partial charge in [0, 0.05) is 5.39 Å². The molecule has 0 bridgehead atoms. The second kappa shape index (κ2) is 5.98. The predicted molar refractivity (Wildman–Crippen MR) is 88.0 cm³/mol. The molecule has 0 aliphatic heterocycles. The Morgan fingerprint density at radius 2 is 1.71 bits per heavy atom. The van der Waals surface area contributed by atoms with E-state index in [4.69, 9.17) is 10.5 Å². The predicted octanol–water partition coefficient (Wildman–Crippen LogP) is 4.44. The lowest BCUT2D eigenvalue weighted by Gasteiger charge is -2.12. The maximum Gasteiger partial charge on any atom is 0.135 e. The largest absolute Gasteiger partial charge is 0.456 e. The molecular formula is C19H19NO. The summed E-state index contributed by atoms with van der Waals surface area (Å²) in [6.45, 7) is 2.74. The van der Waals surface area contributed by atoms with Crippen LogP contribution in [-0.4, -0.2) is 6.54 Å². The van der Waals surface area contributed by atoms with E-state index in [2.05, 4.69) is 37.3 Å². The third-order valence-electron chi connectivity index (χ3n) is 3.64. The molecule has 3 rings (SSSR count). The highest BCUT2D eigenvalue weighted by molar-refractivity contribution is 5.88. The summed E-state index contributed by atoms with van der Waals surface area (Å²) in [5.74, 6) is 1.79. The number of nitrogens with two attached hydrogens (primary N) is 1. The highest BCUT2D eigenvalue weighted by Gasteiger charge is 2.06. The molecule has 0 unspecified atom stereocenters. The Morgan fingerprint density at radius 3 is 2.52 bits per heavy atom. The number of rotatable bonds is 4. The van der Waals surface area contributed by atoms with Gasteiger partial charge in [-0.05, 0) is 48.5 Å². The molecular weight excluding hydrogens is 258 g/mol. The Hall–Kier alpha value is -2.32. The molecule has 0 aromatic heterocycles. The van der Waals surface area contributed by atoms with E-state index < -0.39 is 0 Å². The fourth-order valence-corrected chi connectivity index (χ4v) is 2.55. The summed E-state index contributed by atoms with van der Waals surface area (Å²) in [5.41, 5.74) is 7.99. The van der Waals surface area contributed by atoms with Crippen LogP contribution in [0.4, 0.5) is 0 Å². The third-order valence-corrected chi connectivity index (χ3v) is 3.64. The Kier molecular flexibility index (Phi) is 3.89. The molecule has 21 heavy (non-hydrogen) atoms. The molecule has 2 heteroatoms. The van der Waals surface area contributed by atoms with Crippen LogP contribution in [0.2, 0.25) is 0 Å². The summed E-state index contributed by atoms with van der Waals surface area (Å²) in [5, 5.41) is 2.32. The van der Waals surface area contributed by atoms with Crippen LogP contribution in [0.15, 0.2) is 60.7 Å². The van der Waals surface area contributed by atoms with Gasteiger partial charge in [0.2, 0.25) is 0 Å². The van der Waals surface area contributed by atoms with E-state index in [1.54, 1.807) is 0 Å². The van der Waals surface area contributed by atoms with Gasteiger partial charge < -0.3 is 10.5 Å². The van der Waals surface area contributed by atoms with Crippen LogP contribution in [0.3, 0.4) is 0 Å². The topological polar surface area (TPSA) is 35.2 Å². The Labute approximate surface area is 125 Å². The average Bonchev–Trinajstić information content (AvgIpc) is 2.51. The van der Waals surface area contributed by atoms with E-state index in [0.717, 1.165) is 28.9 Å². The number of aryl methyl sites for hydroxylation is 1. The van der Waals surface area contributed by atoms with Crippen LogP contribution in [0, 0.1) is 6.92 Å². The second-order valence-corrected chi connectivity index (χ2v) is 5.22. The zero-order valence-corrected chi connectivity index (χ0v) is 12.2. The van der Waals surface area contributed by atoms with Gasteiger partial charge >= 0.3 is 0 Å². The minimum atomic E-state index is 0.670. The van der Waals surface area contributed by atoms with Gasteiger partial charge in [0.1, 0.15) is 11.5 Å². The highest BCUT2D eigenvalue weighted by Crippen LogP contribution is 2.31. The van der Waals surface area contributed by atoms with E-state index >= 15 is 0 Å². The van der Waals surface area contributed by atoms with Crippen molar-refractivity contribution in [3.8, 4) is 11.5 Å². The van der Waals surface area contributed by atoms with Gasteiger partial charge in [-0.1, -0.05) is 48.5 Å². The van der Waals surface area contributed by atoms with E-state index in [9.17, 15) is 0 Å². The van der Waals surface area contributed by atoms with Crippen molar-refractivity contribution >= 4 is 10.8 Å². The smallest absolute Gasteiger partial charge is 0.135 e. The summed E-state index contributed by atoms with van der Waals surface area (Å²) in [6.07, 6.45) is 0.898. The quantitative estimate of drug-likeness (QED) is 0.765. The van der Waals surface area contributed by atoms with E-state index in [1.807, 2.05) is 30.3 Å². The summed E-state index contributed by atoms with van der Waals surface area (Å²) in [7, 11) is 0. The van der Waals surface area contributed by atoms with Gasteiger partial charge in [0.15, 0.2) is 0 Å². The van der Waals surface area contributed by atoms with Crippen LogP contribution >= 0.6 is 0 Å². The normalized spacial score (nSPS) is 10.8. The molecule has 0 radical (unpaired) electrons. The van der Waals surface area contributed by atoms with Crippen LogP contribution in [0.1, 0.15) is 11.1 Å². The SMILES string of the molecule is Cc1cc(CCN)ccc1Oc1cccc2ccccc12. The molecule has 3 aromatic rings. The summed E-state index contributed by atoms with van der Waals surface area (Å²) >= 11 is 0. The summed E-state index contributed by atoms with van der Waals surface area (Å²) < 4.78 is 6.12. The van der Waals surface area contributed by atoms with Crippen LogP contribution in [-0.2, 0) is 6.42 Å². The van der Waals surface area contributed by atoms with E-state index in [0.29, 0.717) is 6.54 Å². The zero-order chi connectivity index (χ0) is 14.7. The first-order valence-corrected chi connectivity index (χ1v) is 7.23. The molecule has 0 saturated heterocycles. The van der Waals surface area contributed by atoms with Crippen LogP contribution < -0.4 is 10.5 Å². The minimum absolute atomic E-state index is 0.670. The number of ether oxygens (including phenoxy) is 1. The average molecular weight is 277 g/mol. The van der Waals surface area contributed by atoms with Crippen molar-refractivity contribution in [3.05, 3.63) is 71.8 Å². The molecule has 0 aliphatic rings. The fourth-order valence-electron chi connectivity index (χ4n) is 2.55. The second-order valence-electron chi connectivity index (χ2n) is 5.22. The molecule has 0 fully saturated rings. The van der Waals surface area contributed by atoms with Gasteiger partial charge in [-0.2, -0.15) is 0 Å². The molecule has 0 spiro atoms. The number of fused-ring (bicyclic) bond motifs is 1. The molecule has 0 atom stereocenters. The molecule has 2 N–H and O–H groups in total. The van der Waals surface area contributed by atoms with Crippen molar-refractivity contribution in [3.63, 3.8) is 0 Å². The van der Waals surface area contributed by atoms with Gasteiger partial charge in [0.25, 0.3) is 0 Å². The van der Waals surface area contributed by atoms with Crippen molar-refractivity contribution < 1.29 is 4.74 Å². The van der Waals surface area contributed by atoms with Gasteiger partial charge in [-0.25, -0.2) is 0 Å². The molecule has 3 aromatic carbocycles. The first-order chi connectivity index (χ1) is 10.3. The first-order valence-electron chi connectivity index (χ1n) is 7.23. The van der Waals surface area contributed by atoms with Crippen molar-refractivity contribution in [2.75, 3.05) is 6.54 Å². The maximum absolute atomic E-state index is 6.12. The summed E-state index contributed by atoms with van der Waals surface area (Å²) in [4.78, 5) is 0. The lowest BCUT2D eigenvalue weighted by molar-refractivity contribution is 0.484. The molecule has 0 aliphatic carbocycles. The van der Waals surface area contributed by atoms with Crippen LogP contribution in [0.25, 0.3) is 10.8 Å². The zero-order valence-electron chi connectivity index (χ0n) is 12.2. The Morgan fingerprint density at radius 1 is 0.905 bits per heavy atom. The Bertz CT molecular complexity index is 759. The standard InChI is InChI=1S/C19H19NO/c1-14-13-15(11-12-20)9-10-18(14)21-19-8-4-6-16-5-2-3-7-17(16)19/h2-10,13H,11-12,20H2,1H3. The van der Waals surface area contributed by atoms with Crippen molar-refractivity contribution in [1.82, 2.24) is 0 Å². The fraction of sp³-hybridized carbons (Fsp3) is 0.158. The lowest BCUT2D eigenvalue weighted by atomic mass is 10.1.